The summed E-state index contributed by atoms with van der Waals surface area (Å²) in [4.78, 5) is 2.16. The van der Waals surface area contributed by atoms with Gasteiger partial charge in [-0.1, -0.05) is 24.3 Å². The van der Waals surface area contributed by atoms with Crippen molar-refractivity contribution in [2.75, 3.05) is 34.4 Å². The third kappa shape index (κ3) is 4.90. The van der Waals surface area contributed by atoms with Crippen molar-refractivity contribution in [3.8, 4) is 11.6 Å². The number of rotatable bonds is 8. The monoisotopic (exact) mass is 375 g/mol. The molecule has 0 aliphatic heterocycles. The number of para-hydroxylation sites is 1. The normalized spacial score (nSPS) is 10.8. The number of aromatic nitrogens is 2. The van der Waals surface area contributed by atoms with Gasteiger partial charge in [-0.05, 0) is 50.3 Å². The Kier molecular flexibility index (Phi) is 7.30. The molecule has 0 amide bonds. The Hall–Kier alpha value is -2.24. The van der Waals surface area contributed by atoms with Crippen LogP contribution in [0, 0.1) is 0 Å². The average Bonchev–Trinajstić information content (AvgIpc) is 2.97. The molecule has 26 heavy (non-hydrogen) atoms. The molecule has 0 spiro atoms. The Morgan fingerprint density at radius 3 is 2.46 bits per heavy atom. The Morgan fingerprint density at radius 1 is 1.04 bits per heavy atom. The second-order valence-corrected chi connectivity index (χ2v) is 6.33. The molecule has 6 heteroatoms. The first-order chi connectivity index (χ1) is 12.2. The Bertz CT molecular complexity index is 816. The summed E-state index contributed by atoms with van der Waals surface area (Å²) in [5.74, 6) is 1.57. The molecule has 3 rings (SSSR count). The summed E-state index contributed by atoms with van der Waals surface area (Å²) in [5, 5.41) is 5.75. The summed E-state index contributed by atoms with van der Waals surface area (Å²) in [6.45, 7) is 2.37. The van der Waals surface area contributed by atoms with E-state index in [2.05, 4.69) is 43.3 Å². The molecule has 0 atom stereocenters. The second kappa shape index (κ2) is 9.46. The SMILES string of the molecule is COc1ccc(Cn2nc(OCCCN(C)C)c3ccccc32)cc1.Cl. The summed E-state index contributed by atoms with van der Waals surface area (Å²) in [7, 11) is 5.81. The van der Waals surface area contributed by atoms with E-state index in [4.69, 9.17) is 14.6 Å². The first-order valence-corrected chi connectivity index (χ1v) is 8.53. The van der Waals surface area contributed by atoms with Gasteiger partial charge in [0.1, 0.15) is 5.75 Å². The van der Waals surface area contributed by atoms with Gasteiger partial charge in [0.2, 0.25) is 5.88 Å². The van der Waals surface area contributed by atoms with E-state index in [9.17, 15) is 0 Å². The molecule has 1 heterocycles. The molecule has 0 unspecified atom stereocenters. The molecule has 0 fully saturated rings. The fraction of sp³-hybridized carbons (Fsp3) is 0.350. The summed E-state index contributed by atoms with van der Waals surface area (Å²) in [6.07, 6.45) is 0.979. The van der Waals surface area contributed by atoms with Gasteiger partial charge in [0.15, 0.2) is 0 Å². The lowest BCUT2D eigenvalue weighted by Crippen LogP contribution is -2.15. The van der Waals surface area contributed by atoms with Gasteiger partial charge in [-0.25, -0.2) is 0 Å². The predicted molar refractivity (Wildman–Crippen MR) is 108 cm³/mol. The van der Waals surface area contributed by atoms with Crippen LogP contribution in [0.25, 0.3) is 10.9 Å². The summed E-state index contributed by atoms with van der Waals surface area (Å²) in [6, 6.07) is 16.3. The van der Waals surface area contributed by atoms with Crippen LogP contribution in [0.4, 0.5) is 0 Å². The van der Waals surface area contributed by atoms with Crippen molar-refractivity contribution < 1.29 is 9.47 Å². The van der Waals surface area contributed by atoms with Crippen molar-refractivity contribution in [1.82, 2.24) is 14.7 Å². The van der Waals surface area contributed by atoms with E-state index >= 15 is 0 Å². The molecule has 0 saturated heterocycles. The zero-order valence-electron chi connectivity index (χ0n) is 15.5. The van der Waals surface area contributed by atoms with E-state index in [-0.39, 0.29) is 12.4 Å². The van der Waals surface area contributed by atoms with Gasteiger partial charge in [-0.3, -0.25) is 4.68 Å². The van der Waals surface area contributed by atoms with Crippen LogP contribution in [0.2, 0.25) is 0 Å². The minimum absolute atomic E-state index is 0. The van der Waals surface area contributed by atoms with Crippen LogP contribution in [-0.2, 0) is 6.54 Å². The van der Waals surface area contributed by atoms with Crippen molar-refractivity contribution in [3.63, 3.8) is 0 Å². The first-order valence-electron chi connectivity index (χ1n) is 8.53. The lowest BCUT2D eigenvalue weighted by molar-refractivity contribution is 0.273. The van der Waals surface area contributed by atoms with Crippen LogP contribution >= 0.6 is 12.4 Å². The predicted octanol–water partition coefficient (Wildman–Crippen LogP) is 3.85. The Balaban J connectivity index is 0.00000243. The summed E-state index contributed by atoms with van der Waals surface area (Å²) in [5.41, 5.74) is 2.26. The van der Waals surface area contributed by atoms with Crippen molar-refractivity contribution in [1.29, 1.82) is 0 Å². The van der Waals surface area contributed by atoms with Crippen LogP contribution in [0.5, 0.6) is 11.6 Å². The van der Waals surface area contributed by atoms with Gasteiger partial charge in [0, 0.05) is 6.54 Å². The van der Waals surface area contributed by atoms with E-state index in [1.54, 1.807) is 7.11 Å². The average molecular weight is 376 g/mol. The van der Waals surface area contributed by atoms with Crippen molar-refractivity contribution >= 4 is 23.3 Å². The molecular formula is C20H26ClN3O2. The molecule has 3 aromatic rings. The van der Waals surface area contributed by atoms with Crippen molar-refractivity contribution in [2.24, 2.45) is 0 Å². The number of fused-ring (bicyclic) bond motifs is 1. The van der Waals surface area contributed by atoms with E-state index in [0.29, 0.717) is 19.0 Å². The second-order valence-electron chi connectivity index (χ2n) is 6.33. The van der Waals surface area contributed by atoms with Crippen LogP contribution in [0.1, 0.15) is 12.0 Å². The maximum absolute atomic E-state index is 5.95. The number of benzene rings is 2. The van der Waals surface area contributed by atoms with E-state index in [1.807, 2.05) is 28.9 Å². The molecule has 0 saturated carbocycles. The molecule has 0 radical (unpaired) electrons. The molecule has 1 aromatic heterocycles. The van der Waals surface area contributed by atoms with Gasteiger partial charge in [0.25, 0.3) is 0 Å². The molecule has 0 aliphatic carbocycles. The van der Waals surface area contributed by atoms with Gasteiger partial charge in [0.05, 0.1) is 31.2 Å². The van der Waals surface area contributed by atoms with Crippen LogP contribution in [-0.4, -0.2) is 49.0 Å². The maximum Gasteiger partial charge on any atom is 0.240 e. The number of methoxy groups -OCH3 is 1. The highest BCUT2D eigenvalue weighted by Crippen LogP contribution is 2.25. The highest BCUT2D eigenvalue weighted by atomic mass is 35.5. The largest absolute Gasteiger partial charge is 0.497 e. The fourth-order valence-electron chi connectivity index (χ4n) is 2.78. The van der Waals surface area contributed by atoms with Crippen LogP contribution in [0.15, 0.2) is 48.5 Å². The zero-order valence-corrected chi connectivity index (χ0v) is 16.3. The van der Waals surface area contributed by atoms with Crippen molar-refractivity contribution in [2.45, 2.75) is 13.0 Å². The van der Waals surface area contributed by atoms with Crippen LogP contribution in [0.3, 0.4) is 0 Å². The van der Waals surface area contributed by atoms with Gasteiger partial charge < -0.3 is 14.4 Å². The summed E-state index contributed by atoms with van der Waals surface area (Å²) < 4.78 is 13.2. The van der Waals surface area contributed by atoms with Crippen LogP contribution < -0.4 is 9.47 Å². The number of halogens is 1. The lowest BCUT2D eigenvalue weighted by atomic mass is 10.2. The van der Waals surface area contributed by atoms with Crippen molar-refractivity contribution in [3.05, 3.63) is 54.1 Å². The molecule has 0 aliphatic rings. The molecule has 140 valence electrons. The van der Waals surface area contributed by atoms with E-state index < -0.39 is 0 Å². The molecule has 0 N–H and O–H groups in total. The van der Waals surface area contributed by atoms with Gasteiger partial charge >= 0.3 is 0 Å². The molecule has 0 bridgehead atoms. The Morgan fingerprint density at radius 2 is 1.77 bits per heavy atom. The van der Waals surface area contributed by atoms with Gasteiger partial charge in [-0.2, -0.15) is 0 Å². The zero-order chi connectivity index (χ0) is 17.6. The third-order valence-electron chi connectivity index (χ3n) is 4.10. The topological polar surface area (TPSA) is 39.5 Å². The lowest BCUT2D eigenvalue weighted by Gasteiger charge is -2.09. The molecular weight excluding hydrogens is 350 g/mol. The first kappa shape index (κ1) is 20.1. The molecule has 2 aromatic carbocycles. The minimum Gasteiger partial charge on any atom is -0.497 e. The quantitative estimate of drug-likeness (QED) is 0.561. The smallest absolute Gasteiger partial charge is 0.240 e. The highest BCUT2D eigenvalue weighted by molar-refractivity contribution is 5.85. The molecule has 5 nitrogen and oxygen atoms in total. The minimum atomic E-state index is 0. The number of nitrogens with zero attached hydrogens (tertiary/aromatic N) is 3. The number of ether oxygens (including phenoxy) is 2. The number of hydrogen-bond acceptors (Lipinski definition) is 4. The summed E-state index contributed by atoms with van der Waals surface area (Å²) >= 11 is 0. The van der Waals surface area contributed by atoms with Gasteiger partial charge in [-0.15, -0.1) is 17.5 Å². The maximum atomic E-state index is 5.95. The fourth-order valence-corrected chi connectivity index (χ4v) is 2.78. The number of hydrogen-bond donors (Lipinski definition) is 0. The van der Waals surface area contributed by atoms with E-state index in [0.717, 1.165) is 29.6 Å². The standard InChI is InChI=1S/C20H25N3O2.ClH/c1-22(2)13-6-14-25-20-18-7-4-5-8-19(18)23(21-20)15-16-9-11-17(24-3)12-10-16;/h4-5,7-12H,6,13-15H2,1-3H3;1H. The third-order valence-corrected chi connectivity index (χ3v) is 4.10. The Labute approximate surface area is 160 Å². The highest BCUT2D eigenvalue weighted by Gasteiger charge is 2.11. The van der Waals surface area contributed by atoms with E-state index in [1.165, 1.54) is 5.56 Å².